The summed E-state index contributed by atoms with van der Waals surface area (Å²) in [6.07, 6.45) is 24.5. The molecule has 0 heteroatoms. The summed E-state index contributed by atoms with van der Waals surface area (Å²) in [5.74, 6) is 6.72. The average Bonchev–Trinajstić information content (AvgIpc) is 2.84. The molecule has 7 unspecified atom stereocenters. The molecular weight excluding hydrogens is 408 g/mol. The third-order valence-corrected chi connectivity index (χ3v) is 11.0. The van der Waals surface area contributed by atoms with Crippen molar-refractivity contribution in [1.82, 2.24) is 0 Å². The largest absolute Gasteiger partial charge is 0.100 e. The zero-order valence-electron chi connectivity index (χ0n) is 24.0. The normalized spacial score (nSPS) is 36.6. The highest BCUT2D eigenvalue weighted by molar-refractivity contribution is 5.04. The van der Waals surface area contributed by atoms with E-state index in [1.807, 2.05) is 0 Å². The van der Waals surface area contributed by atoms with Gasteiger partial charge in [0.05, 0.1) is 0 Å². The summed E-state index contributed by atoms with van der Waals surface area (Å²) in [5, 5.41) is 0. The van der Waals surface area contributed by atoms with E-state index in [0.717, 1.165) is 54.3 Å². The summed E-state index contributed by atoms with van der Waals surface area (Å²) >= 11 is 0. The van der Waals surface area contributed by atoms with Crippen LogP contribution >= 0.6 is 0 Å². The number of hydrogen-bond donors (Lipinski definition) is 0. The minimum atomic E-state index is 0.603. The van der Waals surface area contributed by atoms with Crippen molar-refractivity contribution in [2.45, 2.75) is 144 Å². The molecule has 196 valence electrons. The number of fused-ring (bicyclic) bond motifs is 3. The molecule has 0 aromatic carbocycles. The lowest BCUT2D eigenvalue weighted by molar-refractivity contribution is -0.0555. The third kappa shape index (κ3) is 7.74. The molecule has 3 aliphatic rings. The quantitative estimate of drug-likeness (QED) is 0.221. The maximum absolute atomic E-state index is 4.45. The van der Waals surface area contributed by atoms with Crippen molar-refractivity contribution in [3.63, 3.8) is 0 Å². The standard InChI is InChI=1S/C34H60/c1-25(2)11-8-9-12-29-13-10-14-33-32-20-19-30(23-27(5)16-15-26(3)4)24-31(32)21-22-34(33,7)28(6)17-18-29/h25,28-33H,3,5,8-24H2,1-2,4,6-7H3. The van der Waals surface area contributed by atoms with E-state index in [1.165, 1.54) is 107 Å². The van der Waals surface area contributed by atoms with Crippen LogP contribution in [0.1, 0.15) is 144 Å². The molecule has 3 saturated carbocycles. The van der Waals surface area contributed by atoms with Gasteiger partial charge < -0.3 is 0 Å². The lowest BCUT2D eigenvalue weighted by Gasteiger charge is -2.55. The first kappa shape index (κ1) is 28.1. The first-order chi connectivity index (χ1) is 16.2. The Balaban J connectivity index is 1.55. The van der Waals surface area contributed by atoms with Crippen LogP contribution in [0.3, 0.4) is 0 Å². The van der Waals surface area contributed by atoms with Crippen molar-refractivity contribution in [2.24, 2.45) is 46.8 Å². The highest BCUT2D eigenvalue weighted by Gasteiger charge is 2.50. The van der Waals surface area contributed by atoms with Crippen molar-refractivity contribution in [3.8, 4) is 0 Å². The number of allylic oxidation sites excluding steroid dienone is 2. The van der Waals surface area contributed by atoms with Gasteiger partial charge in [0, 0.05) is 0 Å². The Kier molecular flexibility index (Phi) is 10.8. The number of rotatable bonds is 10. The molecule has 0 radical (unpaired) electrons. The molecule has 0 aromatic heterocycles. The van der Waals surface area contributed by atoms with Crippen LogP contribution in [0, 0.1) is 46.8 Å². The molecular formula is C34H60. The Morgan fingerprint density at radius 2 is 1.68 bits per heavy atom. The summed E-state index contributed by atoms with van der Waals surface area (Å²) in [6.45, 7) is 20.8. The topological polar surface area (TPSA) is 0 Å². The van der Waals surface area contributed by atoms with Gasteiger partial charge in [-0.2, -0.15) is 0 Å². The van der Waals surface area contributed by atoms with E-state index in [4.69, 9.17) is 0 Å². The first-order valence-corrected chi connectivity index (χ1v) is 15.5. The van der Waals surface area contributed by atoms with Crippen molar-refractivity contribution in [3.05, 3.63) is 24.3 Å². The van der Waals surface area contributed by atoms with Crippen LogP contribution < -0.4 is 0 Å². The summed E-state index contributed by atoms with van der Waals surface area (Å²) in [4.78, 5) is 0. The lowest BCUT2D eigenvalue weighted by atomic mass is 9.50. The van der Waals surface area contributed by atoms with Crippen LogP contribution in [0.25, 0.3) is 0 Å². The maximum Gasteiger partial charge on any atom is -0.0269 e. The summed E-state index contributed by atoms with van der Waals surface area (Å²) in [6, 6.07) is 0. The zero-order valence-corrected chi connectivity index (χ0v) is 24.0. The fraction of sp³-hybridized carbons (Fsp3) is 0.882. The summed E-state index contributed by atoms with van der Waals surface area (Å²) in [7, 11) is 0. The molecule has 0 saturated heterocycles. The molecule has 0 aromatic rings. The summed E-state index contributed by atoms with van der Waals surface area (Å²) < 4.78 is 0. The second-order valence-corrected chi connectivity index (χ2v) is 14.1. The van der Waals surface area contributed by atoms with Gasteiger partial charge in [0.25, 0.3) is 0 Å². The Labute approximate surface area is 214 Å². The SMILES string of the molecule is C=C(C)CCC(=C)CC1CCC2C(CCC3(C)C(C)CCC(CCCCC(C)C)CCCC23)C1. The molecule has 7 atom stereocenters. The van der Waals surface area contributed by atoms with E-state index in [9.17, 15) is 0 Å². The van der Waals surface area contributed by atoms with Crippen molar-refractivity contribution in [1.29, 1.82) is 0 Å². The predicted octanol–water partition coefficient (Wildman–Crippen LogP) is 11.2. The van der Waals surface area contributed by atoms with Gasteiger partial charge in [-0.1, -0.05) is 90.4 Å². The molecule has 0 bridgehead atoms. The summed E-state index contributed by atoms with van der Waals surface area (Å²) in [5.41, 5.74) is 3.40. The number of unbranched alkanes of at least 4 members (excludes halogenated alkanes) is 1. The molecule has 3 fully saturated rings. The van der Waals surface area contributed by atoms with Crippen LogP contribution in [0.4, 0.5) is 0 Å². The Morgan fingerprint density at radius 1 is 0.912 bits per heavy atom. The fourth-order valence-electron chi connectivity index (χ4n) is 8.52. The molecule has 0 nitrogen and oxygen atoms in total. The molecule has 0 heterocycles. The molecule has 0 aliphatic heterocycles. The van der Waals surface area contributed by atoms with E-state index in [0.29, 0.717) is 5.41 Å². The van der Waals surface area contributed by atoms with E-state index in [2.05, 4.69) is 47.8 Å². The van der Waals surface area contributed by atoms with Gasteiger partial charge in [0.1, 0.15) is 0 Å². The molecule has 0 N–H and O–H groups in total. The smallest absolute Gasteiger partial charge is 0.0269 e. The van der Waals surface area contributed by atoms with E-state index < -0.39 is 0 Å². The van der Waals surface area contributed by atoms with Gasteiger partial charge in [-0.15, -0.1) is 6.58 Å². The minimum Gasteiger partial charge on any atom is -0.100 e. The van der Waals surface area contributed by atoms with Gasteiger partial charge >= 0.3 is 0 Å². The average molecular weight is 469 g/mol. The highest BCUT2D eigenvalue weighted by Crippen LogP contribution is 2.59. The van der Waals surface area contributed by atoms with Gasteiger partial charge in [0.2, 0.25) is 0 Å². The van der Waals surface area contributed by atoms with Crippen LogP contribution in [-0.2, 0) is 0 Å². The zero-order chi connectivity index (χ0) is 24.7. The van der Waals surface area contributed by atoms with E-state index in [1.54, 1.807) is 0 Å². The van der Waals surface area contributed by atoms with E-state index in [-0.39, 0.29) is 0 Å². The first-order valence-electron chi connectivity index (χ1n) is 15.5. The van der Waals surface area contributed by atoms with E-state index >= 15 is 0 Å². The highest BCUT2D eigenvalue weighted by atomic mass is 14.5. The maximum atomic E-state index is 4.45. The monoisotopic (exact) mass is 468 g/mol. The minimum absolute atomic E-state index is 0.603. The van der Waals surface area contributed by atoms with Gasteiger partial charge in [-0.25, -0.2) is 0 Å². The number of hydrogen-bond acceptors (Lipinski definition) is 0. The predicted molar refractivity (Wildman–Crippen MR) is 152 cm³/mol. The molecule has 0 amide bonds. The van der Waals surface area contributed by atoms with Gasteiger partial charge in [-0.3, -0.25) is 0 Å². The van der Waals surface area contributed by atoms with Crippen LogP contribution in [0.5, 0.6) is 0 Å². The second kappa shape index (κ2) is 13.1. The van der Waals surface area contributed by atoms with Crippen LogP contribution in [0.15, 0.2) is 24.3 Å². The molecule has 3 rings (SSSR count). The Morgan fingerprint density at radius 3 is 2.41 bits per heavy atom. The van der Waals surface area contributed by atoms with Gasteiger partial charge in [-0.05, 0) is 118 Å². The van der Waals surface area contributed by atoms with Crippen LogP contribution in [0.2, 0.25) is 0 Å². The second-order valence-electron chi connectivity index (χ2n) is 14.1. The van der Waals surface area contributed by atoms with Crippen molar-refractivity contribution in [2.75, 3.05) is 0 Å². The Hall–Kier alpha value is -0.520. The van der Waals surface area contributed by atoms with Crippen molar-refractivity contribution >= 4 is 0 Å². The fourth-order valence-corrected chi connectivity index (χ4v) is 8.52. The van der Waals surface area contributed by atoms with Crippen molar-refractivity contribution < 1.29 is 0 Å². The molecule has 0 spiro atoms. The van der Waals surface area contributed by atoms with Crippen LogP contribution in [-0.4, -0.2) is 0 Å². The lowest BCUT2D eigenvalue weighted by Crippen LogP contribution is -2.47. The Bertz CT molecular complexity index is 640. The molecule has 34 heavy (non-hydrogen) atoms. The van der Waals surface area contributed by atoms with Gasteiger partial charge in [0.15, 0.2) is 0 Å². The molecule has 3 aliphatic carbocycles. The third-order valence-electron chi connectivity index (χ3n) is 11.0.